The third kappa shape index (κ3) is 6.57. The third-order valence-electron chi connectivity index (χ3n) is 4.40. The van der Waals surface area contributed by atoms with Gasteiger partial charge in [0, 0.05) is 0 Å². The lowest BCUT2D eigenvalue weighted by atomic mass is 10.0. The van der Waals surface area contributed by atoms with Gasteiger partial charge in [-0.25, -0.2) is 0 Å². The fourth-order valence-electron chi connectivity index (χ4n) is 2.81. The molecule has 0 aromatic heterocycles. The molecule has 1 N–H and O–H groups in total. The van der Waals surface area contributed by atoms with Crippen LogP contribution in [0.1, 0.15) is 28.7 Å². The van der Waals surface area contributed by atoms with E-state index in [1.54, 1.807) is 36.4 Å². The van der Waals surface area contributed by atoms with Crippen LogP contribution in [0.5, 0.6) is 5.75 Å². The van der Waals surface area contributed by atoms with Crippen molar-refractivity contribution in [1.29, 1.82) is 0 Å². The standard InChI is InChI=1S/C27H22O3/c28-25-16-11-22(12-17-25)13-18-26(29)20-27(30)19-15-24-9-5-4-8-23(24)14-10-21-6-2-1-3-7-21/h1-19,28H,20H2/b14-10?,18-13+,19-15+. The first kappa shape index (κ1) is 20.7. The van der Waals surface area contributed by atoms with Gasteiger partial charge in [0.2, 0.25) is 0 Å². The van der Waals surface area contributed by atoms with Gasteiger partial charge >= 0.3 is 0 Å². The first-order valence-electron chi connectivity index (χ1n) is 9.63. The van der Waals surface area contributed by atoms with Crippen molar-refractivity contribution in [2.75, 3.05) is 0 Å². The number of hydrogen-bond donors (Lipinski definition) is 1. The van der Waals surface area contributed by atoms with Crippen LogP contribution in [0.3, 0.4) is 0 Å². The molecule has 0 bridgehead atoms. The van der Waals surface area contributed by atoms with Gasteiger partial charge in [-0.1, -0.05) is 91.0 Å². The van der Waals surface area contributed by atoms with Gasteiger partial charge < -0.3 is 5.11 Å². The maximum Gasteiger partial charge on any atom is 0.163 e. The number of rotatable bonds is 8. The fraction of sp³-hybridized carbons (Fsp3) is 0.0370. The molecule has 30 heavy (non-hydrogen) atoms. The lowest BCUT2D eigenvalue weighted by Gasteiger charge is -2.01. The summed E-state index contributed by atoms with van der Waals surface area (Å²) in [7, 11) is 0. The van der Waals surface area contributed by atoms with Crippen LogP contribution in [0.25, 0.3) is 24.3 Å². The van der Waals surface area contributed by atoms with Crippen molar-refractivity contribution in [1.82, 2.24) is 0 Å². The highest BCUT2D eigenvalue weighted by Gasteiger charge is 2.04. The molecule has 0 aliphatic rings. The SMILES string of the molecule is O=C(/C=C/c1ccc(O)cc1)CC(=O)/C=C/c1ccccc1C=Cc1ccccc1. The number of ketones is 2. The van der Waals surface area contributed by atoms with Crippen LogP contribution >= 0.6 is 0 Å². The highest BCUT2D eigenvalue weighted by molar-refractivity contribution is 6.11. The number of allylic oxidation sites excluding steroid dienone is 2. The van der Waals surface area contributed by atoms with Crippen molar-refractivity contribution in [2.45, 2.75) is 6.42 Å². The molecule has 3 aromatic rings. The van der Waals surface area contributed by atoms with Gasteiger partial charge in [0.05, 0.1) is 6.42 Å². The fourth-order valence-corrected chi connectivity index (χ4v) is 2.81. The minimum atomic E-state index is -0.269. The summed E-state index contributed by atoms with van der Waals surface area (Å²) in [5.41, 5.74) is 3.77. The predicted molar refractivity (Wildman–Crippen MR) is 123 cm³/mol. The first-order chi connectivity index (χ1) is 14.6. The van der Waals surface area contributed by atoms with E-state index in [1.165, 1.54) is 12.2 Å². The Balaban J connectivity index is 1.61. The van der Waals surface area contributed by atoms with E-state index in [9.17, 15) is 14.7 Å². The molecule has 0 saturated carbocycles. The van der Waals surface area contributed by atoms with Gasteiger partial charge in [-0.2, -0.15) is 0 Å². The van der Waals surface area contributed by atoms with Crippen LogP contribution in [0.4, 0.5) is 0 Å². The number of phenolic OH excluding ortho intramolecular Hbond substituents is 1. The van der Waals surface area contributed by atoms with E-state index in [-0.39, 0.29) is 23.7 Å². The predicted octanol–water partition coefficient (Wildman–Crippen LogP) is 5.82. The normalized spacial score (nSPS) is 11.5. The van der Waals surface area contributed by atoms with Crippen LogP contribution in [-0.4, -0.2) is 16.7 Å². The van der Waals surface area contributed by atoms with Gasteiger partial charge in [-0.15, -0.1) is 0 Å². The molecule has 3 aromatic carbocycles. The maximum absolute atomic E-state index is 12.2. The molecular weight excluding hydrogens is 372 g/mol. The van der Waals surface area contributed by atoms with E-state index in [0.717, 1.165) is 22.3 Å². The lowest BCUT2D eigenvalue weighted by molar-refractivity contribution is -0.121. The van der Waals surface area contributed by atoms with Crippen LogP contribution in [0.2, 0.25) is 0 Å². The summed E-state index contributed by atoms with van der Waals surface area (Å²) in [5, 5.41) is 9.27. The molecule has 0 unspecified atom stereocenters. The molecule has 0 amide bonds. The second kappa shape index (κ2) is 10.5. The number of phenols is 1. The topological polar surface area (TPSA) is 54.4 Å². The molecule has 148 valence electrons. The Labute approximate surface area is 176 Å². The molecule has 0 saturated heterocycles. The molecule has 0 spiro atoms. The van der Waals surface area contributed by atoms with Crippen molar-refractivity contribution in [3.8, 4) is 5.75 Å². The van der Waals surface area contributed by atoms with Gasteiger partial charge in [-0.3, -0.25) is 9.59 Å². The van der Waals surface area contributed by atoms with Crippen molar-refractivity contribution in [2.24, 2.45) is 0 Å². The number of aromatic hydroxyl groups is 1. The zero-order valence-electron chi connectivity index (χ0n) is 16.4. The average molecular weight is 394 g/mol. The van der Waals surface area contributed by atoms with E-state index in [1.807, 2.05) is 66.7 Å². The Morgan fingerprint density at radius 1 is 0.600 bits per heavy atom. The molecule has 3 rings (SSSR count). The minimum absolute atomic E-state index is 0.165. The highest BCUT2D eigenvalue weighted by Crippen LogP contribution is 2.15. The maximum atomic E-state index is 12.2. The number of carbonyl (C=O) groups excluding carboxylic acids is 2. The van der Waals surface area contributed by atoms with Crippen LogP contribution in [-0.2, 0) is 9.59 Å². The molecule has 0 aliphatic heterocycles. The number of carbonyl (C=O) groups is 2. The number of benzene rings is 3. The van der Waals surface area contributed by atoms with Crippen LogP contribution in [0, 0.1) is 0 Å². The quantitative estimate of drug-likeness (QED) is 0.298. The van der Waals surface area contributed by atoms with Crippen molar-refractivity contribution in [3.05, 3.63) is 113 Å². The van der Waals surface area contributed by atoms with E-state index in [2.05, 4.69) is 0 Å². The summed E-state index contributed by atoms with van der Waals surface area (Å²) >= 11 is 0. The van der Waals surface area contributed by atoms with Gasteiger partial charge in [-0.05, 0) is 46.5 Å². The smallest absolute Gasteiger partial charge is 0.163 e. The zero-order chi connectivity index (χ0) is 21.2. The lowest BCUT2D eigenvalue weighted by Crippen LogP contribution is -2.01. The summed E-state index contributed by atoms with van der Waals surface area (Å²) in [6.45, 7) is 0. The summed E-state index contributed by atoms with van der Waals surface area (Å²) < 4.78 is 0. The second-order valence-electron chi connectivity index (χ2n) is 6.74. The van der Waals surface area contributed by atoms with E-state index in [4.69, 9.17) is 0 Å². The Morgan fingerprint density at radius 2 is 1.13 bits per heavy atom. The monoisotopic (exact) mass is 394 g/mol. The van der Waals surface area contributed by atoms with Crippen molar-refractivity contribution >= 4 is 35.9 Å². The largest absolute Gasteiger partial charge is 0.508 e. The Hall–Kier alpha value is -3.98. The summed E-state index contributed by atoms with van der Waals surface area (Å²) in [6.07, 6.45) is 10.0. The van der Waals surface area contributed by atoms with Crippen molar-refractivity contribution in [3.63, 3.8) is 0 Å². The minimum Gasteiger partial charge on any atom is -0.508 e. The molecule has 0 radical (unpaired) electrons. The van der Waals surface area contributed by atoms with Gasteiger partial charge in [0.25, 0.3) is 0 Å². The summed E-state index contributed by atoms with van der Waals surface area (Å²) in [5.74, 6) is -0.357. The molecular formula is C27H22O3. The Kier molecular flexibility index (Phi) is 7.28. The van der Waals surface area contributed by atoms with Gasteiger partial charge in [0.1, 0.15) is 5.75 Å². The third-order valence-corrected chi connectivity index (χ3v) is 4.40. The molecule has 0 aliphatic carbocycles. The summed E-state index contributed by atoms with van der Waals surface area (Å²) in [4.78, 5) is 24.2. The van der Waals surface area contributed by atoms with Crippen LogP contribution in [0.15, 0.2) is 91.0 Å². The Bertz CT molecular complexity index is 1090. The number of hydrogen-bond acceptors (Lipinski definition) is 3. The molecule has 0 atom stereocenters. The van der Waals surface area contributed by atoms with E-state index < -0.39 is 0 Å². The average Bonchev–Trinajstić information content (AvgIpc) is 2.77. The zero-order valence-corrected chi connectivity index (χ0v) is 16.4. The summed E-state index contributed by atoms with van der Waals surface area (Å²) in [6, 6.07) is 24.2. The van der Waals surface area contributed by atoms with E-state index >= 15 is 0 Å². The highest BCUT2D eigenvalue weighted by atomic mass is 16.3. The molecule has 0 fully saturated rings. The van der Waals surface area contributed by atoms with Gasteiger partial charge in [0.15, 0.2) is 11.6 Å². The Morgan fingerprint density at radius 3 is 1.80 bits per heavy atom. The van der Waals surface area contributed by atoms with E-state index in [0.29, 0.717) is 0 Å². The second-order valence-corrected chi connectivity index (χ2v) is 6.74. The molecule has 0 heterocycles. The molecule has 3 heteroatoms. The van der Waals surface area contributed by atoms with Crippen molar-refractivity contribution < 1.29 is 14.7 Å². The van der Waals surface area contributed by atoms with Crippen LogP contribution < -0.4 is 0 Å². The first-order valence-corrected chi connectivity index (χ1v) is 9.63. The molecule has 3 nitrogen and oxygen atoms in total.